The molecule has 0 unspecified atom stereocenters. The number of nitrogens with zero attached hydrogens (tertiary/aromatic N) is 1. The molecule has 24 heavy (non-hydrogen) atoms. The van der Waals surface area contributed by atoms with Gasteiger partial charge in [0.15, 0.2) is 0 Å². The largest absolute Gasteiger partial charge is 0.399 e. The molecule has 2 N–H and O–H groups in total. The minimum atomic E-state index is -0.0159. The molecule has 1 aromatic heterocycles. The summed E-state index contributed by atoms with van der Waals surface area (Å²) >= 11 is 0. The summed E-state index contributed by atoms with van der Waals surface area (Å²) in [7, 11) is 0. The standard InChI is InChI=1S/C21H20N2O/c1-16-2-4-17(5-3-16)6-7-18-12-13-23(21(24)14-18)15-19-8-10-20(22)11-9-19/h2-14H,15,22H2,1H3/b7-6+. The Morgan fingerprint density at radius 3 is 2.25 bits per heavy atom. The molecule has 0 bridgehead atoms. The van der Waals surface area contributed by atoms with Gasteiger partial charge in [-0.2, -0.15) is 0 Å². The van der Waals surface area contributed by atoms with E-state index in [1.54, 1.807) is 10.6 Å². The van der Waals surface area contributed by atoms with Crippen LogP contribution in [0.15, 0.2) is 71.7 Å². The van der Waals surface area contributed by atoms with Gasteiger partial charge in [-0.15, -0.1) is 0 Å². The Morgan fingerprint density at radius 2 is 1.58 bits per heavy atom. The van der Waals surface area contributed by atoms with Gasteiger partial charge in [-0.25, -0.2) is 0 Å². The molecule has 0 saturated heterocycles. The molecular weight excluding hydrogens is 296 g/mol. The third-order valence-electron chi connectivity index (χ3n) is 3.90. The molecule has 0 atom stereocenters. The zero-order valence-electron chi connectivity index (χ0n) is 13.6. The van der Waals surface area contributed by atoms with Gasteiger partial charge in [-0.3, -0.25) is 4.79 Å². The first-order chi connectivity index (χ1) is 11.6. The predicted molar refractivity (Wildman–Crippen MR) is 101 cm³/mol. The molecule has 2 aromatic carbocycles. The number of rotatable bonds is 4. The lowest BCUT2D eigenvalue weighted by Crippen LogP contribution is -2.19. The molecule has 0 aliphatic rings. The highest BCUT2D eigenvalue weighted by molar-refractivity contribution is 5.69. The minimum Gasteiger partial charge on any atom is -0.399 e. The summed E-state index contributed by atoms with van der Waals surface area (Å²) in [6.07, 6.45) is 5.80. The van der Waals surface area contributed by atoms with Crippen molar-refractivity contribution in [2.24, 2.45) is 0 Å². The maximum atomic E-state index is 12.3. The van der Waals surface area contributed by atoms with E-state index in [0.29, 0.717) is 6.54 Å². The van der Waals surface area contributed by atoms with Crippen LogP contribution in [0.3, 0.4) is 0 Å². The highest BCUT2D eigenvalue weighted by Crippen LogP contribution is 2.09. The van der Waals surface area contributed by atoms with Gasteiger partial charge >= 0.3 is 0 Å². The minimum absolute atomic E-state index is 0.0159. The molecule has 120 valence electrons. The number of hydrogen-bond donors (Lipinski definition) is 1. The van der Waals surface area contributed by atoms with Crippen molar-refractivity contribution in [1.82, 2.24) is 4.57 Å². The molecule has 0 saturated carbocycles. The Hall–Kier alpha value is -3.07. The zero-order valence-corrected chi connectivity index (χ0v) is 13.6. The maximum Gasteiger partial charge on any atom is 0.251 e. The molecule has 0 aliphatic carbocycles. The summed E-state index contributed by atoms with van der Waals surface area (Å²) in [5.41, 5.74) is 10.7. The zero-order chi connectivity index (χ0) is 16.9. The molecule has 0 amide bonds. The molecule has 3 aromatic rings. The summed E-state index contributed by atoms with van der Waals surface area (Å²) in [5, 5.41) is 0. The van der Waals surface area contributed by atoms with Crippen LogP contribution in [0, 0.1) is 6.92 Å². The van der Waals surface area contributed by atoms with Crippen molar-refractivity contribution in [3.8, 4) is 0 Å². The van der Waals surface area contributed by atoms with E-state index in [1.165, 1.54) is 5.56 Å². The SMILES string of the molecule is Cc1ccc(/C=C/c2ccn(Cc3ccc(N)cc3)c(=O)c2)cc1. The molecule has 3 heteroatoms. The number of aromatic nitrogens is 1. The lowest BCUT2D eigenvalue weighted by atomic mass is 10.1. The fraction of sp³-hybridized carbons (Fsp3) is 0.0952. The third-order valence-corrected chi connectivity index (χ3v) is 3.90. The van der Waals surface area contributed by atoms with Crippen molar-refractivity contribution < 1.29 is 0 Å². The van der Waals surface area contributed by atoms with E-state index in [9.17, 15) is 4.79 Å². The van der Waals surface area contributed by atoms with E-state index in [0.717, 1.165) is 22.4 Å². The number of pyridine rings is 1. The van der Waals surface area contributed by atoms with E-state index < -0.39 is 0 Å². The molecular formula is C21H20N2O. The van der Waals surface area contributed by atoms with Crippen LogP contribution in [0.25, 0.3) is 12.2 Å². The monoisotopic (exact) mass is 316 g/mol. The van der Waals surface area contributed by atoms with Crippen molar-refractivity contribution >= 4 is 17.8 Å². The van der Waals surface area contributed by atoms with Gasteiger partial charge < -0.3 is 10.3 Å². The first kappa shape index (κ1) is 15.8. The fourth-order valence-corrected chi connectivity index (χ4v) is 2.45. The van der Waals surface area contributed by atoms with Gasteiger partial charge in [-0.05, 0) is 41.8 Å². The van der Waals surface area contributed by atoms with Crippen molar-refractivity contribution in [3.05, 3.63) is 99.5 Å². The van der Waals surface area contributed by atoms with E-state index in [-0.39, 0.29) is 5.56 Å². The smallest absolute Gasteiger partial charge is 0.251 e. The number of hydrogen-bond acceptors (Lipinski definition) is 2. The Morgan fingerprint density at radius 1 is 0.917 bits per heavy atom. The van der Waals surface area contributed by atoms with E-state index >= 15 is 0 Å². The fourth-order valence-electron chi connectivity index (χ4n) is 2.45. The Balaban J connectivity index is 1.75. The summed E-state index contributed by atoms with van der Waals surface area (Å²) in [4.78, 5) is 12.3. The van der Waals surface area contributed by atoms with Crippen LogP contribution in [0.1, 0.15) is 22.3 Å². The van der Waals surface area contributed by atoms with Gasteiger partial charge in [-0.1, -0.05) is 54.1 Å². The van der Waals surface area contributed by atoms with Crippen molar-refractivity contribution in [3.63, 3.8) is 0 Å². The Kier molecular flexibility index (Phi) is 4.62. The lowest BCUT2D eigenvalue weighted by molar-refractivity contribution is 0.759. The number of aryl methyl sites for hydroxylation is 1. The number of nitrogens with two attached hydrogens (primary N) is 1. The lowest BCUT2D eigenvalue weighted by Gasteiger charge is -2.06. The van der Waals surface area contributed by atoms with Crippen molar-refractivity contribution in [2.75, 3.05) is 5.73 Å². The van der Waals surface area contributed by atoms with E-state index in [2.05, 4.69) is 31.2 Å². The van der Waals surface area contributed by atoms with Gasteiger partial charge in [0.25, 0.3) is 5.56 Å². The van der Waals surface area contributed by atoms with Gasteiger partial charge in [0.2, 0.25) is 0 Å². The summed E-state index contributed by atoms with van der Waals surface area (Å²) < 4.78 is 1.69. The molecule has 3 rings (SSSR count). The van der Waals surface area contributed by atoms with E-state index in [1.807, 2.05) is 48.7 Å². The molecule has 1 heterocycles. The second-order valence-electron chi connectivity index (χ2n) is 5.91. The Bertz CT molecular complexity index is 904. The van der Waals surface area contributed by atoms with Crippen molar-refractivity contribution in [2.45, 2.75) is 13.5 Å². The average molecular weight is 316 g/mol. The number of nitrogen functional groups attached to an aromatic ring is 1. The van der Waals surface area contributed by atoms with Crippen LogP contribution < -0.4 is 11.3 Å². The first-order valence-corrected chi connectivity index (χ1v) is 7.90. The second kappa shape index (κ2) is 7.01. The number of benzene rings is 2. The van der Waals surface area contributed by atoms with Crippen LogP contribution in [0.4, 0.5) is 5.69 Å². The van der Waals surface area contributed by atoms with Crippen LogP contribution in [0.2, 0.25) is 0 Å². The second-order valence-corrected chi connectivity index (χ2v) is 5.91. The van der Waals surface area contributed by atoms with Gasteiger partial charge in [0, 0.05) is 18.0 Å². The quantitative estimate of drug-likeness (QED) is 0.741. The average Bonchev–Trinajstić information content (AvgIpc) is 2.58. The summed E-state index contributed by atoms with van der Waals surface area (Å²) in [6, 6.07) is 19.4. The van der Waals surface area contributed by atoms with Crippen molar-refractivity contribution in [1.29, 1.82) is 0 Å². The van der Waals surface area contributed by atoms with Crippen LogP contribution in [-0.4, -0.2) is 4.57 Å². The third kappa shape index (κ3) is 4.02. The van der Waals surface area contributed by atoms with Gasteiger partial charge in [0.1, 0.15) is 0 Å². The maximum absolute atomic E-state index is 12.3. The van der Waals surface area contributed by atoms with E-state index in [4.69, 9.17) is 5.73 Å². The molecule has 0 aliphatic heterocycles. The summed E-state index contributed by atoms with van der Waals surface area (Å²) in [5.74, 6) is 0. The molecule has 0 spiro atoms. The van der Waals surface area contributed by atoms with Crippen LogP contribution in [-0.2, 0) is 6.54 Å². The topological polar surface area (TPSA) is 48.0 Å². The highest BCUT2D eigenvalue weighted by atomic mass is 16.1. The normalized spacial score (nSPS) is 11.0. The highest BCUT2D eigenvalue weighted by Gasteiger charge is 1.99. The summed E-state index contributed by atoms with van der Waals surface area (Å²) in [6.45, 7) is 2.61. The predicted octanol–water partition coefficient (Wildman–Crippen LogP) is 3.96. The van der Waals surface area contributed by atoms with Crippen LogP contribution in [0.5, 0.6) is 0 Å². The molecule has 0 radical (unpaired) electrons. The van der Waals surface area contributed by atoms with Gasteiger partial charge in [0.05, 0.1) is 6.54 Å². The first-order valence-electron chi connectivity index (χ1n) is 7.90. The number of anilines is 1. The molecule has 3 nitrogen and oxygen atoms in total. The van der Waals surface area contributed by atoms with Crippen LogP contribution >= 0.6 is 0 Å². The molecule has 0 fully saturated rings. The Labute approximate surface area is 141 Å².